The molecule has 0 amide bonds. The van der Waals surface area contributed by atoms with Crippen LogP contribution in [0.15, 0.2) is 42.4 Å². The summed E-state index contributed by atoms with van der Waals surface area (Å²) in [5.41, 5.74) is 0. The largest absolute Gasteiger partial charge is 0.481 e. The van der Waals surface area contributed by atoms with E-state index in [9.17, 15) is 0 Å². The van der Waals surface area contributed by atoms with Crippen LogP contribution in [0.2, 0.25) is 0 Å². The lowest BCUT2D eigenvalue weighted by Crippen LogP contribution is -1.92. The number of hydrogen-bond acceptors (Lipinski definition) is 2. The average Bonchev–Trinajstić information content (AvgIpc) is 2.06. The summed E-state index contributed by atoms with van der Waals surface area (Å²) in [7, 11) is 0. The summed E-state index contributed by atoms with van der Waals surface area (Å²) in [4.78, 5) is 0. The van der Waals surface area contributed by atoms with Crippen LogP contribution < -0.4 is 4.74 Å². The second-order valence-corrected chi connectivity index (χ2v) is 2.37. The Balaban J connectivity index is 2.58. The third-order valence-electron chi connectivity index (χ3n) is 1.34. The molecule has 0 aliphatic heterocycles. The normalized spacial score (nSPS) is 11.2. The first-order valence-corrected chi connectivity index (χ1v) is 3.95. The minimum Gasteiger partial charge on any atom is -0.481 e. The number of benzene rings is 1. The summed E-state index contributed by atoms with van der Waals surface area (Å²) in [6.07, 6.45) is 2.38. The Morgan fingerprint density at radius 3 is 2.67 bits per heavy atom. The van der Waals surface area contributed by atoms with Crippen LogP contribution in [0.25, 0.3) is 0 Å². The molecule has 2 heteroatoms. The van der Waals surface area contributed by atoms with E-state index in [1.807, 2.05) is 25.1 Å². The molecule has 0 spiro atoms. The molecular weight excluding hydrogens is 152 g/mol. The molecule has 0 aliphatic rings. The van der Waals surface area contributed by atoms with Crippen molar-refractivity contribution in [2.24, 2.45) is 0 Å². The van der Waals surface area contributed by atoms with Gasteiger partial charge in [-0.25, -0.2) is 0 Å². The van der Waals surface area contributed by atoms with E-state index < -0.39 is 0 Å². The van der Waals surface area contributed by atoms with Gasteiger partial charge in [-0.05, 0) is 24.6 Å². The van der Waals surface area contributed by atoms with Crippen LogP contribution in [-0.2, 0) is 0 Å². The summed E-state index contributed by atoms with van der Waals surface area (Å²) in [5, 5.41) is 9.14. The van der Waals surface area contributed by atoms with Crippen molar-refractivity contribution in [2.75, 3.05) is 0 Å². The van der Waals surface area contributed by atoms with Crippen LogP contribution in [0.4, 0.5) is 0 Å². The quantitative estimate of drug-likeness (QED) is 0.696. The van der Waals surface area contributed by atoms with E-state index in [0.29, 0.717) is 5.75 Å². The van der Waals surface area contributed by atoms with Crippen LogP contribution in [-0.4, -0.2) is 5.11 Å². The number of ether oxygens (including phenoxy) is 1. The molecule has 0 bridgehead atoms. The highest BCUT2D eigenvalue weighted by Gasteiger charge is 1.93. The van der Waals surface area contributed by atoms with E-state index >= 15 is 0 Å². The Kier molecular flexibility index (Phi) is 3.20. The lowest BCUT2D eigenvalue weighted by molar-refractivity contribution is 0.207. The predicted molar refractivity (Wildman–Crippen MR) is 48.1 cm³/mol. The van der Waals surface area contributed by atoms with Crippen molar-refractivity contribution in [1.82, 2.24) is 0 Å². The van der Waals surface area contributed by atoms with Crippen LogP contribution >= 0.6 is 0 Å². The van der Waals surface area contributed by atoms with Crippen molar-refractivity contribution in [1.29, 1.82) is 0 Å². The summed E-state index contributed by atoms with van der Waals surface area (Å²) < 4.78 is 5.07. The SMILES string of the molecule is CC/C=C(\O)Oc1ccccc1. The molecule has 0 atom stereocenters. The van der Waals surface area contributed by atoms with Gasteiger partial charge in [-0.2, -0.15) is 0 Å². The fraction of sp³-hybridized carbons (Fsp3) is 0.200. The maximum absolute atomic E-state index is 9.14. The maximum Gasteiger partial charge on any atom is 0.277 e. The lowest BCUT2D eigenvalue weighted by Gasteiger charge is -2.02. The zero-order valence-electron chi connectivity index (χ0n) is 7.03. The molecule has 2 nitrogen and oxygen atoms in total. The topological polar surface area (TPSA) is 29.5 Å². The number of aliphatic hydroxyl groups is 1. The molecule has 0 radical (unpaired) electrons. The summed E-state index contributed by atoms with van der Waals surface area (Å²) in [6.45, 7) is 1.94. The van der Waals surface area contributed by atoms with Gasteiger partial charge in [0, 0.05) is 0 Å². The van der Waals surface area contributed by atoms with Crippen LogP contribution in [0.5, 0.6) is 5.75 Å². The van der Waals surface area contributed by atoms with Crippen LogP contribution in [0, 0.1) is 0 Å². The van der Waals surface area contributed by atoms with E-state index in [0.717, 1.165) is 6.42 Å². The molecule has 0 aromatic heterocycles. The zero-order valence-corrected chi connectivity index (χ0v) is 7.03. The van der Waals surface area contributed by atoms with Gasteiger partial charge in [0.1, 0.15) is 5.75 Å². The molecule has 1 aromatic carbocycles. The monoisotopic (exact) mass is 164 g/mol. The molecule has 0 saturated heterocycles. The average molecular weight is 164 g/mol. The van der Waals surface area contributed by atoms with Crippen LogP contribution in [0.3, 0.4) is 0 Å². The molecule has 0 unspecified atom stereocenters. The Morgan fingerprint density at radius 2 is 2.08 bits per heavy atom. The Bertz CT molecular complexity index is 252. The third-order valence-corrected chi connectivity index (χ3v) is 1.34. The van der Waals surface area contributed by atoms with Gasteiger partial charge in [0.2, 0.25) is 0 Å². The standard InChI is InChI=1S/C10H12O2/c1-2-6-10(11)12-9-7-4-3-5-8-9/h3-8,11H,2H2,1H3/b10-6+. The summed E-state index contributed by atoms with van der Waals surface area (Å²) in [6, 6.07) is 9.19. The molecule has 0 heterocycles. The molecule has 1 N–H and O–H groups in total. The van der Waals surface area contributed by atoms with Crippen molar-refractivity contribution < 1.29 is 9.84 Å². The maximum atomic E-state index is 9.14. The van der Waals surface area contributed by atoms with Gasteiger partial charge in [0.15, 0.2) is 0 Å². The van der Waals surface area contributed by atoms with Gasteiger partial charge in [-0.3, -0.25) is 0 Å². The fourth-order valence-electron chi connectivity index (χ4n) is 0.826. The van der Waals surface area contributed by atoms with Gasteiger partial charge in [-0.15, -0.1) is 0 Å². The first-order valence-electron chi connectivity index (χ1n) is 3.95. The number of allylic oxidation sites excluding steroid dienone is 1. The first-order chi connectivity index (χ1) is 5.83. The van der Waals surface area contributed by atoms with Gasteiger partial charge >= 0.3 is 0 Å². The summed E-state index contributed by atoms with van der Waals surface area (Å²) in [5.74, 6) is 0.614. The highest BCUT2D eigenvalue weighted by Crippen LogP contribution is 2.11. The molecule has 0 aliphatic carbocycles. The Hall–Kier alpha value is -1.44. The predicted octanol–water partition coefficient (Wildman–Crippen LogP) is 2.87. The van der Waals surface area contributed by atoms with Crippen molar-refractivity contribution in [3.05, 3.63) is 42.4 Å². The van der Waals surface area contributed by atoms with Crippen molar-refractivity contribution in [3.8, 4) is 5.75 Å². The molecule has 1 aromatic rings. The minimum absolute atomic E-state index is 0.0382. The zero-order chi connectivity index (χ0) is 8.81. The fourth-order valence-corrected chi connectivity index (χ4v) is 0.826. The number of rotatable bonds is 3. The van der Waals surface area contributed by atoms with Gasteiger partial charge < -0.3 is 9.84 Å². The van der Waals surface area contributed by atoms with Gasteiger partial charge in [-0.1, -0.05) is 25.1 Å². The van der Waals surface area contributed by atoms with Crippen molar-refractivity contribution >= 4 is 0 Å². The van der Waals surface area contributed by atoms with Crippen LogP contribution in [0.1, 0.15) is 13.3 Å². The number of hydrogen-bond donors (Lipinski definition) is 1. The van der Waals surface area contributed by atoms with E-state index in [4.69, 9.17) is 9.84 Å². The Labute approximate surface area is 72.1 Å². The van der Waals surface area contributed by atoms with Crippen molar-refractivity contribution in [3.63, 3.8) is 0 Å². The second-order valence-electron chi connectivity index (χ2n) is 2.37. The second kappa shape index (κ2) is 4.44. The van der Waals surface area contributed by atoms with Crippen molar-refractivity contribution in [2.45, 2.75) is 13.3 Å². The highest BCUT2D eigenvalue weighted by atomic mass is 16.6. The Morgan fingerprint density at radius 1 is 1.42 bits per heavy atom. The molecule has 12 heavy (non-hydrogen) atoms. The minimum atomic E-state index is -0.0382. The molecular formula is C10H12O2. The van der Waals surface area contributed by atoms with E-state index in [2.05, 4.69) is 0 Å². The highest BCUT2D eigenvalue weighted by molar-refractivity contribution is 5.22. The molecule has 0 saturated carbocycles. The lowest BCUT2D eigenvalue weighted by atomic mass is 10.3. The number of aliphatic hydroxyl groups excluding tert-OH is 1. The van der Waals surface area contributed by atoms with E-state index in [1.54, 1.807) is 18.2 Å². The smallest absolute Gasteiger partial charge is 0.277 e. The van der Waals surface area contributed by atoms with Gasteiger partial charge in [0.25, 0.3) is 5.95 Å². The summed E-state index contributed by atoms with van der Waals surface area (Å²) >= 11 is 0. The molecule has 0 fully saturated rings. The molecule has 64 valence electrons. The van der Waals surface area contributed by atoms with Gasteiger partial charge in [0.05, 0.1) is 0 Å². The number of para-hydroxylation sites is 1. The van der Waals surface area contributed by atoms with E-state index in [-0.39, 0.29) is 5.95 Å². The first kappa shape index (κ1) is 8.65. The molecule has 1 rings (SSSR count). The third kappa shape index (κ3) is 2.66. The van der Waals surface area contributed by atoms with E-state index in [1.165, 1.54) is 0 Å².